The molecule has 154 valence electrons. The number of halogens is 6. The van der Waals surface area contributed by atoms with E-state index in [1.165, 1.54) is 4.90 Å². The van der Waals surface area contributed by atoms with Crippen LogP contribution in [-0.2, 0) is 12.4 Å². The van der Waals surface area contributed by atoms with Gasteiger partial charge in [0.1, 0.15) is 5.66 Å². The number of hydrogen-bond donors (Lipinski definition) is 2. The van der Waals surface area contributed by atoms with E-state index < -0.39 is 29.1 Å². The minimum Gasteiger partial charge on any atom is -0.369 e. The first-order valence-electron chi connectivity index (χ1n) is 8.64. The van der Waals surface area contributed by atoms with Gasteiger partial charge in [-0.05, 0) is 50.3 Å². The van der Waals surface area contributed by atoms with Gasteiger partial charge < -0.3 is 11.5 Å². The van der Waals surface area contributed by atoms with Gasteiger partial charge in [0.25, 0.3) is 0 Å². The molecule has 0 aromatic heterocycles. The van der Waals surface area contributed by atoms with Crippen LogP contribution < -0.4 is 16.4 Å². The van der Waals surface area contributed by atoms with Crippen molar-refractivity contribution in [1.29, 1.82) is 0 Å². The average Bonchev–Trinajstić information content (AvgIpc) is 2.54. The third kappa shape index (κ3) is 3.49. The molecule has 1 heterocycles. The maximum absolute atomic E-state index is 13.5. The lowest BCUT2D eigenvalue weighted by atomic mass is 9.86. The molecule has 0 atom stereocenters. The van der Waals surface area contributed by atoms with Crippen molar-refractivity contribution in [3.63, 3.8) is 0 Å². The largest absolute Gasteiger partial charge is 0.416 e. The van der Waals surface area contributed by atoms with Gasteiger partial charge in [0.2, 0.25) is 11.9 Å². The topological polar surface area (TPSA) is 80.0 Å². The number of guanidine groups is 2. The van der Waals surface area contributed by atoms with Gasteiger partial charge in [0.15, 0.2) is 0 Å². The molecule has 1 aromatic carbocycles. The fourth-order valence-electron chi connectivity index (χ4n) is 3.86. The van der Waals surface area contributed by atoms with Crippen LogP contribution in [-0.4, -0.2) is 17.6 Å². The predicted octanol–water partition coefficient (Wildman–Crippen LogP) is 4.14. The molecule has 1 aliphatic carbocycles. The third-order valence-corrected chi connectivity index (χ3v) is 5.11. The SMILES string of the molecule is Cc1c(N2C(N)=NC(N)=NC23CCCCC3)cc(C(F)(F)F)cc1C(F)(F)F. The summed E-state index contributed by atoms with van der Waals surface area (Å²) in [6, 6.07) is 0.779. The summed E-state index contributed by atoms with van der Waals surface area (Å²) >= 11 is 0. The number of nitrogens with zero attached hydrogens (tertiary/aromatic N) is 3. The Kier molecular flexibility index (Phi) is 4.75. The lowest BCUT2D eigenvalue weighted by Crippen LogP contribution is -2.58. The molecular weight excluding hydrogens is 388 g/mol. The molecule has 0 radical (unpaired) electrons. The van der Waals surface area contributed by atoms with Crippen molar-refractivity contribution in [2.24, 2.45) is 21.5 Å². The minimum absolute atomic E-state index is 0.112. The summed E-state index contributed by atoms with van der Waals surface area (Å²) < 4.78 is 80.4. The fourth-order valence-corrected chi connectivity index (χ4v) is 3.86. The molecule has 0 saturated heterocycles. The van der Waals surface area contributed by atoms with Gasteiger partial charge in [-0.25, -0.2) is 4.99 Å². The monoisotopic (exact) mass is 407 g/mol. The highest BCUT2D eigenvalue weighted by atomic mass is 19.4. The molecule has 0 unspecified atom stereocenters. The number of benzene rings is 1. The molecule has 5 nitrogen and oxygen atoms in total. The zero-order chi connectivity index (χ0) is 20.9. The summed E-state index contributed by atoms with van der Waals surface area (Å²) in [7, 11) is 0. The van der Waals surface area contributed by atoms with Gasteiger partial charge in [-0.2, -0.15) is 31.3 Å². The van der Waals surface area contributed by atoms with Gasteiger partial charge in [0.05, 0.1) is 16.8 Å². The lowest BCUT2D eigenvalue weighted by Gasteiger charge is -2.46. The third-order valence-electron chi connectivity index (χ3n) is 5.11. The Morgan fingerprint density at radius 1 is 0.964 bits per heavy atom. The smallest absolute Gasteiger partial charge is 0.369 e. The first-order valence-corrected chi connectivity index (χ1v) is 8.64. The van der Waals surface area contributed by atoms with Crippen LogP contribution in [0.2, 0.25) is 0 Å². The van der Waals surface area contributed by atoms with Gasteiger partial charge in [-0.15, -0.1) is 0 Å². The highest BCUT2D eigenvalue weighted by molar-refractivity contribution is 6.06. The normalized spacial score (nSPS) is 20.2. The van der Waals surface area contributed by atoms with Crippen LogP contribution in [0.25, 0.3) is 0 Å². The molecule has 1 aromatic rings. The minimum atomic E-state index is -4.97. The van der Waals surface area contributed by atoms with Crippen molar-refractivity contribution in [2.45, 2.75) is 57.0 Å². The average molecular weight is 407 g/mol. The Bertz CT molecular complexity index is 834. The van der Waals surface area contributed by atoms with Gasteiger partial charge in [-0.1, -0.05) is 6.42 Å². The van der Waals surface area contributed by atoms with Crippen LogP contribution >= 0.6 is 0 Å². The quantitative estimate of drug-likeness (QED) is 0.687. The zero-order valence-electron chi connectivity index (χ0n) is 15.0. The maximum atomic E-state index is 13.5. The summed E-state index contributed by atoms with van der Waals surface area (Å²) in [6.07, 6.45) is -6.91. The predicted molar refractivity (Wildman–Crippen MR) is 92.7 cm³/mol. The van der Waals surface area contributed by atoms with Crippen molar-refractivity contribution >= 4 is 17.6 Å². The second-order valence-electron chi connectivity index (χ2n) is 6.98. The highest BCUT2D eigenvalue weighted by Crippen LogP contribution is 2.45. The van der Waals surface area contributed by atoms with Crippen molar-refractivity contribution in [2.75, 3.05) is 4.90 Å². The number of alkyl halides is 6. The molecule has 11 heteroatoms. The molecule has 28 heavy (non-hydrogen) atoms. The number of rotatable bonds is 1. The van der Waals surface area contributed by atoms with Crippen LogP contribution in [0.4, 0.5) is 32.0 Å². The Morgan fingerprint density at radius 2 is 1.57 bits per heavy atom. The number of nitrogens with two attached hydrogens (primary N) is 2. The summed E-state index contributed by atoms with van der Waals surface area (Å²) in [5.74, 6) is -0.415. The Hall–Kier alpha value is -2.46. The van der Waals surface area contributed by atoms with E-state index in [2.05, 4.69) is 9.98 Å². The standard InChI is InChI=1S/C17H19F6N5/c1-9-11(17(21,22)23)7-10(16(18,19)20)8-12(9)28-14(25)26-13(24)27-15(28)5-3-2-4-6-15/h7-8H,2-6H2,1H3,(H4,24,25,26,27). The van der Waals surface area contributed by atoms with E-state index in [0.717, 1.165) is 13.3 Å². The molecule has 2 aliphatic rings. The molecule has 0 bridgehead atoms. The van der Waals surface area contributed by atoms with E-state index in [-0.39, 0.29) is 29.2 Å². The number of hydrogen-bond acceptors (Lipinski definition) is 5. The van der Waals surface area contributed by atoms with Crippen LogP contribution in [0, 0.1) is 6.92 Å². The highest BCUT2D eigenvalue weighted by Gasteiger charge is 2.46. The van der Waals surface area contributed by atoms with Gasteiger partial charge in [0, 0.05) is 0 Å². The summed E-state index contributed by atoms with van der Waals surface area (Å²) in [4.78, 5) is 9.28. The summed E-state index contributed by atoms with van der Waals surface area (Å²) in [5.41, 5.74) is 7.02. The van der Waals surface area contributed by atoms with Crippen molar-refractivity contribution in [3.05, 3.63) is 28.8 Å². The molecule has 1 saturated carbocycles. The van der Waals surface area contributed by atoms with E-state index in [1.54, 1.807) is 0 Å². The molecule has 4 N–H and O–H groups in total. The van der Waals surface area contributed by atoms with E-state index in [1.807, 2.05) is 0 Å². The van der Waals surface area contributed by atoms with Crippen LogP contribution in [0.1, 0.15) is 48.8 Å². The van der Waals surface area contributed by atoms with Gasteiger partial charge >= 0.3 is 12.4 Å². The Labute approximate surface area is 157 Å². The van der Waals surface area contributed by atoms with Crippen LogP contribution in [0.3, 0.4) is 0 Å². The fraction of sp³-hybridized carbons (Fsp3) is 0.529. The van der Waals surface area contributed by atoms with Crippen molar-refractivity contribution in [3.8, 4) is 0 Å². The van der Waals surface area contributed by atoms with E-state index in [9.17, 15) is 26.3 Å². The summed E-state index contributed by atoms with van der Waals surface area (Å²) in [6.45, 7) is 1.11. The first-order chi connectivity index (χ1) is 12.8. The molecule has 1 aliphatic heterocycles. The molecule has 1 fully saturated rings. The van der Waals surface area contributed by atoms with E-state index in [0.29, 0.717) is 31.7 Å². The van der Waals surface area contributed by atoms with E-state index in [4.69, 9.17) is 11.5 Å². The lowest BCUT2D eigenvalue weighted by molar-refractivity contribution is -0.143. The maximum Gasteiger partial charge on any atom is 0.416 e. The molecule has 0 amide bonds. The second-order valence-corrected chi connectivity index (χ2v) is 6.98. The van der Waals surface area contributed by atoms with Crippen LogP contribution in [0.15, 0.2) is 22.1 Å². The molecular formula is C17H19F6N5. The Balaban J connectivity index is 2.27. The Morgan fingerprint density at radius 3 is 2.11 bits per heavy atom. The van der Waals surface area contributed by atoms with Crippen molar-refractivity contribution in [1.82, 2.24) is 0 Å². The molecule has 3 rings (SSSR count). The zero-order valence-corrected chi connectivity index (χ0v) is 15.0. The second kappa shape index (κ2) is 6.56. The first kappa shape index (κ1) is 20.3. The van der Waals surface area contributed by atoms with E-state index >= 15 is 0 Å². The van der Waals surface area contributed by atoms with Crippen LogP contribution in [0.5, 0.6) is 0 Å². The summed E-state index contributed by atoms with van der Waals surface area (Å²) in [5, 5.41) is 0. The van der Waals surface area contributed by atoms with Crippen molar-refractivity contribution < 1.29 is 26.3 Å². The number of aliphatic imine (C=N–C) groups is 2. The van der Waals surface area contributed by atoms with Gasteiger partial charge in [-0.3, -0.25) is 4.90 Å². The number of anilines is 1. The molecule has 1 spiro atoms.